The number of amides is 2. The van der Waals surface area contributed by atoms with Crippen molar-refractivity contribution in [3.8, 4) is 5.75 Å². The van der Waals surface area contributed by atoms with Gasteiger partial charge in [0, 0.05) is 13.1 Å². The molecule has 42 heavy (non-hydrogen) atoms. The highest BCUT2D eigenvalue weighted by molar-refractivity contribution is 7.92. The Kier molecular flexibility index (Phi) is 11.4. The number of carbonyl (C=O) groups excluding carboxylic acids is 2. The standard InChI is InChI=1S/C32H40ClN3O5S/c1-7-29(32(38)34-19-22(2)3)35(20-25-10-8-9-24(5)17-25)31(37)21-36(26-13-16-30(41-6)28(33)18-26)42(39,40)27-14-11-23(4)12-15-27/h8-18,22,29H,7,19-21H2,1-6H3,(H,34,38)/t29-/m1/s1. The summed E-state index contributed by atoms with van der Waals surface area (Å²) in [6, 6.07) is 17.8. The summed E-state index contributed by atoms with van der Waals surface area (Å²) in [4.78, 5) is 29.0. The maximum absolute atomic E-state index is 14.2. The number of methoxy groups -OCH3 is 1. The molecule has 8 nitrogen and oxygen atoms in total. The smallest absolute Gasteiger partial charge is 0.264 e. The van der Waals surface area contributed by atoms with Crippen molar-refractivity contribution in [1.82, 2.24) is 10.2 Å². The molecule has 2 amide bonds. The van der Waals surface area contributed by atoms with E-state index in [2.05, 4.69) is 5.32 Å². The molecule has 1 atom stereocenters. The quantitative estimate of drug-likeness (QED) is 0.265. The van der Waals surface area contributed by atoms with Crippen molar-refractivity contribution in [2.45, 2.75) is 58.5 Å². The summed E-state index contributed by atoms with van der Waals surface area (Å²) in [5.41, 5.74) is 2.93. The second-order valence-electron chi connectivity index (χ2n) is 10.7. The number of benzene rings is 3. The minimum atomic E-state index is -4.20. The van der Waals surface area contributed by atoms with Gasteiger partial charge >= 0.3 is 0 Å². The van der Waals surface area contributed by atoms with Crippen molar-refractivity contribution in [2.75, 3.05) is 24.5 Å². The third-order valence-corrected chi connectivity index (χ3v) is 8.90. The van der Waals surface area contributed by atoms with Gasteiger partial charge < -0.3 is 15.0 Å². The Labute approximate surface area is 254 Å². The molecule has 0 aliphatic heterocycles. The fourth-order valence-electron chi connectivity index (χ4n) is 4.53. The Balaban J connectivity index is 2.08. The monoisotopic (exact) mass is 613 g/mol. The molecule has 0 saturated carbocycles. The lowest BCUT2D eigenvalue weighted by molar-refractivity contribution is -0.140. The zero-order valence-electron chi connectivity index (χ0n) is 25.1. The average molecular weight is 614 g/mol. The van der Waals surface area contributed by atoms with Crippen LogP contribution in [0.2, 0.25) is 5.02 Å². The van der Waals surface area contributed by atoms with Gasteiger partial charge in [0.2, 0.25) is 11.8 Å². The number of ether oxygens (including phenoxy) is 1. The molecule has 226 valence electrons. The Morgan fingerprint density at radius 3 is 2.24 bits per heavy atom. The van der Waals surface area contributed by atoms with Crippen LogP contribution in [-0.2, 0) is 26.2 Å². The number of nitrogens with one attached hydrogen (secondary N) is 1. The molecular weight excluding hydrogens is 574 g/mol. The molecule has 0 aliphatic rings. The van der Waals surface area contributed by atoms with Crippen molar-refractivity contribution >= 4 is 39.1 Å². The Hall–Kier alpha value is -3.56. The van der Waals surface area contributed by atoms with E-state index in [1.165, 1.54) is 30.2 Å². The summed E-state index contributed by atoms with van der Waals surface area (Å²) in [6.07, 6.45) is 0.348. The van der Waals surface area contributed by atoms with Gasteiger partial charge in [-0.15, -0.1) is 0 Å². The zero-order chi connectivity index (χ0) is 31.0. The van der Waals surface area contributed by atoms with E-state index in [0.717, 1.165) is 21.0 Å². The fraction of sp³-hybridized carbons (Fsp3) is 0.375. The summed E-state index contributed by atoms with van der Waals surface area (Å²) < 4.78 is 34.3. The number of nitrogens with zero attached hydrogens (tertiary/aromatic N) is 2. The number of aryl methyl sites for hydroxylation is 2. The molecule has 0 aromatic heterocycles. The van der Waals surface area contributed by atoms with Gasteiger partial charge in [0.1, 0.15) is 18.3 Å². The van der Waals surface area contributed by atoms with E-state index in [4.69, 9.17) is 16.3 Å². The molecule has 0 spiro atoms. The predicted octanol–water partition coefficient (Wildman–Crippen LogP) is 5.74. The highest BCUT2D eigenvalue weighted by atomic mass is 35.5. The van der Waals surface area contributed by atoms with E-state index in [-0.39, 0.29) is 34.0 Å². The normalized spacial score (nSPS) is 12.1. The Morgan fingerprint density at radius 2 is 1.67 bits per heavy atom. The van der Waals surface area contributed by atoms with Crippen LogP contribution >= 0.6 is 11.6 Å². The number of hydrogen-bond donors (Lipinski definition) is 1. The van der Waals surface area contributed by atoms with Crippen LogP contribution in [0, 0.1) is 19.8 Å². The molecule has 3 aromatic rings. The summed E-state index contributed by atoms with van der Waals surface area (Å²) in [5, 5.41) is 3.13. The number of rotatable bonds is 13. The highest BCUT2D eigenvalue weighted by Gasteiger charge is 2.34. The van der Waals surface area contributed by atoms with Gasteiger partial charge in [-0.1, -0.05) is 79.9 Å². The molecule has 10 heteroatoms. The molecule has 0 radical (unpaired) electrons. The zero-order valence-corrected chi connectivity index (χ0v) is 26.6. The molecular formula is C32H40ClN3O5S. The van der Waals surface area contributed by atoms with Crippen LogP contribution < -0.4 is 14.4 Å². The van der Waals surface area contributed by atoms with Crippen LogP contribution in [0.25, 0.3) is 0 Å². The van der Waals surface area contributed by atoms with Crippen LogP contribution in [0.5, 0.6) is 5.75 Å². The summed E-state index contributed by atoms with van der Waals surface area (Å²) in [7, 11) is -2.74. The first-order valence-corrected chi connectivity index (χ1v) is 15.7. The largest absolute Gasteiger partial charge is 0.495 e. The van der Waals surface area contributed by atoms with Gasteiger partial charge in [0.05, 0.1) is 22.7 Å². The molecule has 1 N–H and O–H groups in total. The van der Waals surface area contributed by atoms with E-state index in [1.54, 1.807) is 24.3 Å². The van der Waals surface area contributed by atoms with E-state index >= 15 is 0 Å². The second kappa shape index (κ2) is 14.6. The first kappa shape index (κ1) is 32.9. The van der Waals surface area contributed by atoms with Crippen molar-refractivity contribution in [3.05, 3.63) is 88.4 Å². The number of halogens is 1. The summed E-state index contributed by atoms with van der Waals surface area (Å²) in [5.74, 6) is -0.214. The van der Waals surface area contributed by atoms with Crippen LogP contribution in [0.4, 0.5) is 5.69 Å². The Morgan fingerprint density at radius 1 is 0.976 bits per heavy atom. The molecule has 3 rings (SSSR count). The fourth-order valence-corrected chi connectivity index (χ4v) is 6.18. The number of hydrogen-bond acceptors (Lipinski definition) is 5. The lowest BCUT2D eigenvalue weighted by atomic mass is 10.1. The number of anilines is 1. The molecule has 3 aromatic carbocycles. The minimum absolute atomic E-state index is 0.0276. The van der Waals surface area contributed by atoms with Crippen molar-refractivity contribution < 1.29 is 22.7 Å². The van der Waals surface area contributed by atoms with E-state index < -0.39 is 28.5 Å². The summed E-state index contributed by atoms with van der Waals surface area (Å²) >= 11 is 6.39. The first-order valence-electron chi connectivity index (χ1n) is 13.9. The average Bonchev–Trinajstić information content (AvgIpc) is 2.94. The van der Waals surface area contributed by atoms with Crippen molar-refractivity contribution in [2.24, 2.45) is 5.92 Å². The molecule has 0 unspecified atom stereocenters. The van der Waals surface area contributed by atoms with Crippen LogP contribution in [0.15, 0.2) is 71.6 Å². The molecule has 0 bridgehead atoms. The Bertz CT molecular complexity index is 1490. The molecule has 0 fully saturated rings. The lowest BCUT2D eigenvalue weighted by Gasteiger charge is -2.33. The lowest BCUT2D eigenvalue weighted by Crippen LogP contribution is -2.52. The molecule has 0 aliphatic carbocycles. The maximum atomic E-state index is 14.2. The third kappa shape index (κ3) is 8.26. The SMILES string of the molecule is CC[C@H](C(=O)NCC(C)C)N(Cc1cccc(C)c1)C(=O)CN(c1ccc(OC)c(Cl)c1)S(=O)(=O)c1ccc(C)cc1. The molecule has 0 heterocycles. The van der Waals surface area contributed by atoms with Crippen molar-refractivity contribution in [1.29, 1.82) is 0 Å². The number of sulfonamides is 1. The van der Waals surface area contributed by atoms with Gasteiger partial charge in [-0.2, -0.15) is 0 Å². The van der Waals surface area contributed by atoms with Crippen LogP contribution in [-0.4, -0.2) is 51.4 Å². The van der Waals surface area contributed by atoms with Gasteiger partial charge in [-0.05, 0) is 62.1 Å². The van der Waals surface area contributed by atoms with E-state index in [0.29, 0.717) is 18.7 Å². The van der Waals surface area contributed by atoms with Crippen LogP contribution in [0.1, 0.15) is 43.9 Å². The molecule has 0 saturated heterocycles. The maximum Gasteiger partial charge on any atom is 0.264 e. The van der Waals surface area contributed by atoms with Gasteiger partial charge in [0.25, 0.3) is 10.0 Å². The second-order valence-corrected chi connectivity index (χ2v) is 13.0. The van der Waals surface area contributed by atoms with E-state index in [9.17, 15) is 18.0 Å². The third-order valence-electron chi connectivity index (χ3n) is 6.82. The minimum Gasteiger partial charge on any atom is -0.495 e. The van der Waals surface area contributed by atoms with E-state index in [1.807, 2.05) is 58.9 Å². The van der Waals surface area contributed by atoms with Gasteiger partial charge in [-0.3, -0.25) is 13.9 Å². The highest BCUT2D eigenvalue weighted by Crippen LogP contribution is 2.32. The summed E-state index contributed by atoms with van der Waals surface area (Å²) in [6.45, 7) is 9.68. The topological polar surface area (TPSA) is 96.0 Å². The van der Waals surface area contributed by atoms with Crippen molar-refractivity contribution in [3.63, 3.8) is 0 Å². The van der Waals surface area contributed by atoms with Gasteiger partial charge in [0.15, 0.2) is 0 Å². The predicted molar refractivity (Wildman–Crippen MR) is 167 cm³/mol. The number of carbonyl (C=O) groups is 2. The first-order chi connectivity index (χ1) is 19.9. The van der Waals surface area contributed by atoms with Gasteiger partial charge in [-0.25, -0.2) is 8.42 Å². The van der Waals surface area contributed by atoms with Crippen LogP contribution in [0.3, 0.4) is 0 Å².